The highest BCUT2D eigenvalue weighted by Gasteiger charge is 2.21. The molecule has 0 bridgehead atoms. The Kier molecular flexibility index (Phi) is 5.37. The number of fused-ring (bicyclic) bond motifs is 1. The van der Waals surface area contributed by atoms with E-state index in [1.807, 2.05) is 49.4 Å². The number of hydrogen-bond acceptors (Lipinski definition) is 6. The van der Waals surface area contributed by atoms with E-state index in [4.69, 9.17) is 19.4 Å². The number of anilines is 1. The first-order valence-electron chi connectivity index (χ1n) is 9.59. The zero-order valence-corrected chi connectivity index (χ0v) is 16.2. The first-order chi connectivity index (χ1) is 13.7. The van der Waals surface area contributed by atoms with Crippen LogP contribution in [0.4, 0.5) is 5.82 Å². The van der Waals surface area contributed by atoms with Gasteiger partial charge < -0.3 is 14.8 Å². The van der Waals surface area contributed by atoms with Crippen LogP contribution in [-0.4, -0.2) is 34.7 Å². The molecule has 1 aliphatic carbocycles. The molecule has 0 amide bonds. The van der Waals surface area contributed by atoms with Crippen LogP contribution in [0, 0.1) is 0 Å². The van der Waals surface area contributed by atoms with E-state index >= 15 is 0 Å². The quantitative estimate of drug-likeness (QED) is 0.674. The average molecular weight is 376 g/mol. The minimum atomic E-state index is -0.0541. The number of aromatic nitrogens is 3. The smallest absolute Gasteiger partial charge is 0.180 e. The molecule has 4 rings (SSSR count). The molecule has 1 aromatic carbocycles. The van der Waals surface area contributed by atoms with Gasteiger partial charge in [0.05, 0.1) is 13.7 Å². The van der Waals surface area contributed by atoms with Gasteiger partial charge in [0.2, 0.25) is 0 Å². The molecule has 144 valence electrons. The standard InChI is InChI=1S/C22H24N4O2/c1-15(28-20-12-4-3-11-19(20)27-2)14-24-21-16-8-7-10-17(16)25-22(26-21)18-9-5-6-13-23-18/h3-6,9,11-13,15H,7-8,10,14H2,1-2H3,(H,24,25,26). The highest BCUT2D eigenvalue weighted by Crippen LogP contribution is 2.29. The van der Waals surface area contributed by atoms with Crippen molar-refractivity contribution in [1.29, 1.82) is 0 Å². The second-order valence-corrected chi connectivity index (χ2v) is 6.85. The van der Waals surface area contributed by atoms with E-state index in [1.54, 1.807) is 13.3 Å². The predicted molar refractivity (Wildman–Crippen MR) is 109 cm³/mol. The average Bonchev–Trinajstić information content (AvgIpc) is 3.22. The molecule has 0 radical (unpaired) electrons. The predicted octanol–water partition coefficient (Wildman–Crippen LogP) is 3.92. The molecule has 3 aromatic rings. The SMILES string of the molecule is COc1ccccc1OC(C)CNc1nc(-c2ccccn2)nc2c1CCC2. The molecule has 0 spiro atoms. The van der Waals surface area contributed by atoms with Crippen molar-refractivity contribution >= 4 is 5.82 Å². The molecular weight excluding hydrogens is 352 g/mol. The molecule has 1 atom stereocenters. The van der Waals surface area contributed by atoms with E-state index in [-0.39, 0.29) is 6.10 Å². The van der Waals surface area contributed by atoms with E-state index in [1.165, 1.54) is 5.56 Å². The van der Waals surface area contributed by atoms with Crippen molar-refractivity contribution < 1.29 is 9.47 Å². The minimum Gasteiger partial charge on any atom is -0.493 e. The Labute approximate surface area is 165 Å². The first kappa shape index (κ1) is 18.2. The van der Waals surface area contributed by atoms with E-state index in [0.29, 0.717) is 12.4 Å². The van der Waals surface area contributed by atoms with Crippen LogP contribution in [0.3, 0.4) is 0 Å². The normalized spacial score (nSPS) is 13.6. The maximum atomic E-state index is 6.05. The van der Waals surface area contributed by atoms with Gasteiger partial charge in [-0.15, -0.1) is 0 Å². The van der Waals surface area contributed by atoms with Crippen LogP contribution >= 0.6 is 0 Å². The maximum absolute atomic E-state index is 6.05. The van der Waals surface area contributed by atoms with Gasteiger partial charge in [0, 0.05) is 17.5 Å². The van der Waals surface area contributed by atoms with Gasteiger partial charge in [0.25, 0.3) is 0 Å². The van der Waals surface area contributed by atoms with Crippen molar-refractivity contribution in [3.05, 3.63) is 59.9 Å². The Morgan fingerprint density at radius 1 is 1.04 bits per heavy atom. The molecule has 0 saturated heterocycles. The Morgan fingerprint density at radius 2 is 1.86 bits per heavy atom. The Hall–Kier alpha value is -3.15. The van der Waals surface area contributed by atoms with Crippen LogP contribution in [0.5, 0.6) is 11.5 Å². The summed E-state index contributed by atoms with van der Waals surface area (Å²) in [5.41, 5.74) is 3.12. The highest BCUT2D eigenvalue weighted by molar-refractivity contribution is 5.57. The van der Waals surface area contributed by atoms with Gasteiger partial charge in [-0.1, -0.05) is 18.2 Å². The van der Waals surface area contributed by atoms with Crippen LogP contribution in [-0.2, 0) is 12.8 Å². The number of aryl methyl sites for hydroxylation is 1. The summed E-state index contributed by atoms with van der Waals surface area (Å²) in [5.74, 6) is 3.02. The molecule has 6 nitrogen and oxygen atoms in total. The second kappa shape index (κ2) is 8.25. The third kappa shape index (κ3) is 3.91. The fourth-order valence-corrected chi connectivity index (χ4v) is 3.40. The Balaban J connectivity index is 1.51. The lowest BCUT2D eigenvalue weighted by molar-refractivity contribution is 0.223. The van der Waals surface area contributed by atoms with Gasteiger partial charge in [-0.05, 0) is 50.5 Å². The molecule has 1 N–H and O–H groups in total. The molecular formula is C22H24N4O2. The van der Waals surface area contributed by atoms with Crippen LogP contribution in [0.25, 0.3) is 11.5 Å². The summed E-state index contributed by atoms with van der Waals surface area (Å²) in [5, 5.41) is 3.47. The molecule has 1 aliphatic rings. The van der Waals surface area contributed by atoms with Gasteiger partial charge in [0.1, 0.15) is 17.6 Å². The van der Waals surface area contributed by atoms with Crippen LogP contribution < -0.4 is 14.8 Å². The fraction of sp³-hybridized carbons (Fsp3) is 0.318. The number of methoxy groups -OCH3 is 1. The van der Waals surface area contributed by atoms with Gasteiger partial charge in [0.15, 0.2) is 17.3 Å². The lowest BCUT2D eigenvalue weighted by atomic mass is 10.2. The molecule has 0 fully saturated rings. The largest absolute Gasteiger partial charge is 0.493 e. The van der Waals surface area contributed by atoms with Gasteiger partial charge in [-0.25, -0.2) is 9.97 Å². The lowest BCUT2D eigenvalue weighted by Gasteiger charge is -2.19. The zero-order chi connectivity index (χ0) is 19.3. The molecule has 28 heavy (non-hydrogen) atoms. The number of para-hydroxylation sites is 2. The third-order valence-corrected chi connectivity index (χ3v) is 4.78. The maximum Gasteiger partial charge on any atom is 0.180 e. The van der Waals surface area contributed by atoms with E-state index in [9.17, 15) is 0 Å². The zero-order valence-electron chi connectivity index (χ0n) is 16.2. The number of nitrogens with one attached hydrogen (secondary N) is 1. The second-order valence-electron chi connectivity index (χ2n) is 6.85. The van der Waals surface area contributed by atoms with E-state index in [0.717, 1.165) is 48.0 Å². The van der Waals surface area contributed by atoms with Crippen molar-refractivity contribution in [2.24, 2.45) is 0 Å². The monoisotopic (exact) mass is 376 g/mol. The molecule has 2 heterocycles. The van der Waals surface area contributed by atoms with Crippen LogP contribution in [0.1, 0.15) is 24.6 Å². The Morgan fingerprint density at radius 3 is 2.64 bits per heavy atom. The van der Waals surface area contributed by atoms with Crippen molar-refractivity contribution in [1.82, 2.24) is 15.0 Å². The first-order valence-corrected chi connectivity index (χ1v) is 9.59. The highest BCUT2D eigenvalue weighted by atomic mass is 16.5. The topological polar surface area (TPSA) is 69.2 Å². The van der Waals surface area contributed by atoms with Crippen molar-refractivity contribution in [2.75, 3.05) is 19.0 Å². The van der Waals surface area contributed by atoms with Gasteiger partial charge >= 0.3 is 0 Å². The van der Waals surface area contributed by atoms with Crippen molar-refractivity contribution in [3.8, 4) is 23.0 Å². The lowest BCUT2D eigenvalue weighted by Crippen LogP contribution is -2.24. The van der Waals surface area contributed by atoms with Crippen molar-refractivity contribution in [3.63, 3.8) is 0 Å². The number of ether oxygens (including phenoxy) is 2. The fourth-order valence-electron chi connectivity index (χ4n) is 3.40. The molecule has 6 heteroatoms. The summed E-state index contributed by atoms with van der Waals surface area (Å²) < 4.78 is 11.4. The number of pyridine rings is 1. The van der Waals surface area contributed by atoms with Crippen LogP contribution in [0.2, 0.25) is 0 Å². The van der Waals surface area contributed by atoms with Gasteiger partial charge in [-0.2, -0.15) is 0 Å². The van der Waals surface area contributed by atoms with Crippen molar-refractivity contribution in [2.45, 2.75) is 32.3 Å². The van der Waals surface area contributed by atoms with E-state index < -0.39 is 0 Å². The number of hydrogen-bond donors (Lipinski definition) is 1. The summed E-state index contributed by atoms with van der Waals surface area (Å²) >= 11 is 0. The summed E-state index contributed by atoms with van der Waals surface area (Å²) in [6.07, 6.45) is 4.81. The number of nitrogens with zero attached hydrogens (tertiary/aromatic N) is 3. The summed E-state index contributed by atoms with van der Waals surface area (Å²) in [6.45, 7) is 2.66. The summed E-state index contributed by atoms with van der Waals surface area (Å²) in [7, 11) is 1.65. The van der Waals surface area contributed by atoms with Gasteiger partial charge in [-0.3, -0.25) is 4.98 Å². The third-order valence-electron chi connectivity index (χ3n) is 4.78. The number of benzene rings is 1. The van der Waals surface area contributed by atoms with Crippen LogP contribution in [0.15, 0.2) is 48.7 Å². The molecule has 2 aromatic heterocycles. The summed E-state index contributed by atoms with van der Waals surface area (Å²) in [4.78, 5) is 13.9. The Bertz CT molecular complexity index is 947. The molecule has 0 aliphatic heterocycles. The molecule has 0 saturated carbocycles. The minimum absolute atomic E-state index is 0.0541. The molecule has 1 unspecified atom stereocenters. The number of rotatable bonds is 7. The van der Waals surface area contributed by atoms with E-state index in [2.05, 4.69) is 10.3 Å². The summed E-state index contributed by atoms with van der Waals surface area (Å²) in [6, 6.07) is 13.5.